The van der Waals surface area contributed by atoms with Gasteiger partial charge < -0.3 is 18.9 Å². The maximum atomic E-state index is 11.5. The van der Waals surface area contributed by atoms with Crippen LogP contribution in [0.15, 0.2) is 11.8 Å². The molecular formula is C11H16O5. The molecule has 2 fully saturated rings. The maximum absolute atomic E-state index is 11.5. The van der Waals surface area contributed by atoms with Gasteiger partial charge in [0.1, 0.15) is 11.9 Å². The zero-order chi connectivity index (χ0) is 11.9. The third kappa shape index (κ3) is 1.70. The first-order valence-electron chi connectivity index (χ1n) is 5.25. The van der Waals surface area contributed by atoms with Gasteiger partial charge in [-0.25, -0.2) is 4.79 Å². The molecule has 2 rings (SSSR count). The number of methoxy groups -OCH3 is 1. The van der Waals surface area contributed by atoms with Gasteiger partial charge in [0.05, 0.1) is 0 Å². The van der Waals surface area contributed by atoms with Crippen LogP contribution in [-0.2, 0) is 23.7 Å². The van der Waals surface area contributed by atoms with E-state index in [-0.39, 0.29) is 0 Å². The molecule has 0 spiro atoms. The molecule has 0 aromatic rings. The Bertz CT molecular complexity index is 333. The molecule has 5 heteroatoms. The van der Waals surface area contributed by atoms with Gasteiger partial charge in [-0.1, -0.05) is 0 Å². The molecule has 5 nitrogen and oxygen atoms in total. The van der Waals surface area contributed by atoms with Crippen LogP contribution in [0.4, 0.5) is 0 Å². The molecule has 0 N–H and O–H groups in total. The normalized spacial score (nSPS) is 39.1. The molecule has 90 valence electrons. The van der Waals surface area contributed by atoms with Crippen LogP contribution in [0.1, 0.15) is 20.8 Å². The molecule has 2 heterocycles. The molecule has 2 aliphatic rings. The summed E-state index contributed by atoms with van der Waals surface area (Å²) in [5.41, 5.74) is 0. The van der Waals surface area contributed by atoms with E-state index in [0.717, 1.165) is 0 Å². The summed E-state index contributed by atoms with van der Waals surface area (Å²) in [6.07, 6.45) is 0.179. The van der Waals surface area contributed by atoms with Crippen molar-refractivity contribution in [2.45, 2.75) is 44.9 Å². The molecule has 3 atom stereocenters. The van der Waals surface area contributed by atoms with Crippen molar-refractivity contribution in [3.05, 3.63) is 11.8 Å². The summed E-state index contributed by atoms with van der Waals surface area (Å²) < 4.78 is 21.5. The first-order valence-corrected chi connectivity index (χ1v) is 5.25. The van der Waals surface area contributed by atoms with Gasteiger partial charge in [0.25, 0.3) is 0 Å². The Hall–Kier alpha value is -1.07. The van der Waals surface area contributed by atoms with Crippen LogP contribution in [0, 0.1) is 0 Å². The predicted octanol–water partition coefficient (Wildman–Crippen LogP) is 0.982. The Morgan fingerprint density at radius 3 is 2.69 bits per heavy atom. The molecular weight excluding hydrogens is 212 g/mol. The van der Waals surface area contributed by atoms with Crippen molar-refractivity contribution in [3.63, 3.8) is 0 Å². The molecule has 0 unspecified atom stereocenters. The van der Waals surface area contributed by atoms with Crippen LogP contribution in [0.5, 0.6) is 0 Å². The Morgan fingerprint density at radius 1 is 1.44 bits per heavy atom. The van der Waals surface area contributed by atoms with E-state index >= 15 is 0 Å². The van der Waals surface area contributed by atoms with Crippen molar-refractivity contribution in [1.82, 2.24) is 0 Å². The molecule has 2 aliphatic heterocycles. The SMILES string of the molecule is CC=C1OC(C)(C)O[C@H]2[C@@H](OC)C(=O)O[C@@H]12. The summed E-state index contributed by atoms with van der Waals surface area (Å²) in [6.45, 7) is 5.42. The lowest BCUT2D eigenvalue weighted by atomic mass is 10.1. The van der Waals surface area contributed by atoms with E-state index in [2.05, 4.69) is 0 Å². The fourth-order valence-electron chi connectivity index (χ4n) is 2.04. The van der Waals surface area contributed by atoms with Gasteiger partial charge in [-0.2, -0.15) is 0 Å². The number of rotatable bonds is 1. The number of carbonyl (C=O) groups excluding carboxylic acids is 1. The van der Waals surface area contributed by atoms with Gasteiger partial charge in [0, 0.05) is 21.0 Å². The topological polar surface area (TPSA) is 54.0 Å². The van der Waals surface area contributed by atoms with Gasteiger partial charge in [-0.15, -0.1) is 0 Å². The van der Waals surface area contributed by atoms with Crippen LogP contribution in [-0.4, -0.2) is 37.2 Å². The molecule has 0 aromatic heterocycles. The molecule has 0 saturated carbocycles. The quantitative estimate of drug-likeness (QED) is 0.626. The highest BCUT2D eigenvalue weighted by atomic mass is 16.8. The highest BCUT2D eigenvalue weighted by Crippen LogP contribution is 2.37. The highest BCUT2D eigenvalue weighted by Gasteiger charge is 2.54. The Labute approximate surface area is 94.3 Å². The van der Waals surface area contributed by atoms with Crippen molar-refractivity contribution in [3.8, 4) is 0 Å². The standard InChI is InChI=1S/C11H16O5/c1-5-6-7-8(16-11(2,3)15-6)9(13-4)10(12)14-7/h5,7-9H,1-4H3/t7-,8+,9+/m0/s1. The highest BCUT2D eigenvalue weighted by molar-refractivity contribution is 5.78. The number of esters is 1. The Morgan fingerprint density at radius 2 is 2.12 bits per heavy atom. The number of ether oxygens (including phenoxy) is 4. The number of allylic oxidation sites excluding steroid dienone is 1. The van der Waals surface area contributed by atoms with Crippen LogP contribution < -0.4 is 0 Å². The smallest absolute Gasteiger partial charge is 0.338 e. The van der Waals surface area contributed by atoms with E-state index in [1.54, 1.807) is 19.9 Å². The first-order chi connectivity index (χ1) is 7.48. The third-order valence-corrected chi connectivity index (χ3v) is 2.67. The van der Waals surface area contributed by atoms with Crippen molar-refractivity contribution < 1.29 is 23.7 Å². The third-order valence-electron chi connectivity index (χ3n) is 2.67. The van der Waals surface area contributed by atoms with Crippen LogP contribution in [0.25, 0.3) is 0 Å². The maximum Gasteiger partial charge on any atom is 0.338 e. The molecule has 0 aromatic carbocycles. The fourth-order valence-corrected chi connectivity index (χ4v) is 2.04. The second-order valence-electron chi connectivity index (χ2n) is 4.29. The lowest BCUT2D eigenvalue weighted by Gasteiger charge is -2.39. The Kier molecular flexibility index (Phi) is 2.67. The van der Waals surface area contributed by atoms with Gasteiger partial charge in [-0.3, -0.25) is 0 Å². The van der Waals surface area contributed by atoms with Gasteiger partial charge in [0.15, 0.2) is 12.2 Å². The average Bonchev–Trinajstić information content (AvgIpc) is 2.51. The summed E-state index contributed by atoms with van der Waals surface area (Å²) in [5, 5.41) is 0. The average molecular weight is 228 g/mol. The largest absolute Gasteiger partial charge is 0.464 e. The number of carbonyl (C=O) groups is 1. The zero-order valence-corrected chi connectivity index (χ0v) is 9.85. The number of fused-ring (bicyclic) bond motifs is 1. The molecule has 16 heavy (non-hydrogen) atoms. The first kappa shape index (κ1) is 11.4. The molecule has 0 amide bonds. The fraction of sp³-hybridized carbons (Fsp3) is 0.727. The lowest BCUT2D eigenvalue weighted by molar-refractivity contribution is -0.274. The second-order valence-corrected chi connectivity index (χ2v) is 4.29. The van der Waals surface area contributed by atoms with Crippen molar-refractivity contribution >= 4 is 5.97 Å². The van der Waals surface area contributed by atoms with E-state index in [9.17, 15) is 4.79 Å². The van der Waals surface area contributed by atoms with Gasteiger partial charge >= 0.3 is 5.97 Å². The molecule has 0 aliphatic carbocycles. The Balaban J connectivity index is 2.30. The minimum Gasteiger partial charge on any atom is -0.464 e. The minimum atomic E-state index is -0.770. The monoisotopic (exact) mass is 228 g/mol. The van der Waals surface area contributed by atoms with E-state index in [1.807, 2.05) is 6.92 Å². The molecule has 0 radical (unpaired) electrons. The van der Waals surface area contributed by atoms with Crippen molar-refractivity contribution in [2.75, 3.05) is 7.11 Å². The van der Waals surface area contributed by atoms with E-state index in [1.165, 1.54) is 7.11 Å². The second kappa shape index (κ2) is 3.75. The van der Waals surface area contributed by atoms with Crippen molar-refractivity contribution in [1.29, 1.82) is 0 Å². The number of hydrogen-bond acceptors (Lipinski definition) is 5. The molecule has 0 bridgehead atoms. The van der Waals surface area contributed by atoms with Crippen molar-refractivity contribution in [2.24, 2.45) is 0 Å². The van der Waals surface area contributed by atoms with Gasteiger partial charge in [0.2, 0.25) is 5.79 Å². The summed E-state index contributed by atoms with van der Waals surface area (Å²) in [5.74, 6) is -0.555. The van der Waals surface area contributed by atoms with Gasteiger partial charge in [-0.05, 0) is 13.0 Å². The zero-order valence-electron chi connectivity index (χ0n) is 9.85. The number of hydrogen-bond donors (Lipinski definition) is 0. The van der Waals surface area contributed by atoms with Crippen LogP contribution in [0.2, 0.25) is 0 Å². The van der Waals surface area contributed by atoms with E-state index in [4.69, 9.17) is 18.9 Å². The summed E-state index contributed by atoms with van der Waals surface area (Å²) >= 11 is 0. The van der Waals surface area contributed by atoms with E-state index < -0.39 is 30.1 Å². The minimum absolute atomic E-state index is 0.404. The summed E-state index contributed by atoms with van der Waals surface area (Å²) in [6, 6.07) is 0. The molecule has 2 saturated heterocycles. The summed E-state index contributed by atoms with van der Waals surface area (Å²) in [4.78, 5) is 11.5. The predicted molar refractivity (Wildman–Crippen MR) is 54.5 cm³/mol. The summed E-state index contributed by atoms with van der Waals surface area (Å²) in [7, 11) is 1.47. The lowest BCUT2D eigenvalue weighted by Crippen LogP contribution is -2.49. The van der Waals surface area contributed by atoms with E-state index in [0.29, 0.717) is 5.76 Å². The van der Waals surface area contributed by atoms with Crippen LogP contribution >= 0.6 is 0 Å². The van der Waals surface area contributed by atoms with Crippen LogP contribution in [0.3, 0.4) is 0 Å².